The maximum absolute atomic E-state index is 11.7. The molecule has 0 unspecified atom stereocenters. The fourth-order valence-corrected chi connectivity index (χ4v) is 2.04. The number of ether oxygens (including phenoxy) is 5. The number of rotatable bonds is 5. The Hall–Kier alpha value is -1.53. The van der Waals surface area contributed by atoms with Crippen molar-refractivity contribution in [3.63, 3.8) is 0 Å². The quantitative estimate of drug-likeness (QED) is 0.551. The Balaban J connectivity index is 2.18. The summed E-state index contributed by atoms with van der Waals surface area (Å²) in [6.07, 6.45) is 0.520. The highest BCUT2D eigenvalue weighted by Crippen LogP contribution is 2.33. The third-order valence-corrected chi connectivity index (χ3v) is 2.83. The van der Waals surface area contributed by atoms with Crippen molar-refractivity contribution in [2.75, 3.05) is 20.3 Å². The van der Waals surface area contributed by atoms with Gasteiger partial charge in [0.25, 0.3) is 0 Å². The maximum atomic E-state index is 11.7. The van der Waals surface area contributed by atoms with Gasteiger partial charge in [-0.25, -0.2) is 4.79 Å². The number of esters is 1. The lowest BCUT2D eigenvalue weighted by molar-refractivity contribution is -0.163. The molecule has 6 nitrogen and oxygen atoms in total. The normalized spacial score (nSPS) is 29.3. The van der Waals surface area contributed by atoms with Gasteiger partial charge in [0.15, 0.2) is 17.7 Å². The number of cyclic esters (lactones) is 1. The Morgan fingerprint density at radius 1 is 1.53 bits per heavy atom. The highest BCUT2D eigenvalue weighted by atomic mass is 16.8. The molecule has 0 N–H and O–H groups in total. The molecule has 0 bridgehead atoms. The van der Waals surface area contributed by atoms with Crippen LogP contribution in [0.15, 0.2) is 24.2 Å². The van der Waals surface area contributed by atoms with Crippen LogP contribution in [-0.2, 0) is 28.5 Å². The van der Waals surface area contributed by atoms with E-state index in [1.54, 1.807) is 19.9 Å². The molecule has 2 atom stereocenters. The zero-order valence-corrected chi connectivity index (χ0v) is 11.3. The molecule has 1 fully saturated rings. The van der Waals surface area contributed by atoms with E-state index in [-0.39, 0.29) is 12.4 Å². The van der Waals surface area contributed by atoms with Crippen molar-refractivity contribution in [3.05, 3.63) is 24.2 Å². The lowest BCUT2D eigenvalue weighted by Gasteiger charge is -2.21. The first kappa shape index (κ1) is 13.9. The van der Waals surface area contributed by atoms with Gasteiger partial charge in [0.1, 0.15) is 12.7 Å². The van der Waals surface area contributed by atoms with E-state index in [4.69, 9.17) is 23.7 Å². The molecule has 0 radical (unpaired) electrons. The van der Waals surface area contributed by atoms with Crippen molar-refractivity contribution in [2.24, 2.45) is 0 Å². The molecule has 0 aromatic rings. The molecule has 19 heavy (non-hydrogen) atoms. The Morgan fingerprint density at radius 3 is 2.79 bits per heavy atom. The van der Waals surface area contributed by atoms with Crippen LogP contribution in [0.5, 0.6) is 0 Å². The van der Waals surface area contributed by atoms with E-state index in [1.165, 1.54) is 7.11 Å². The fourth-order valence-electron chi connectivity index (χ4n) is 2.04. The van der Waals surface area contributed by atoms with Crippen LogP contribution < -0.4 is 0 Å². The number of carbonyl (C=O) groups is 1. The molecule has 0 amide bonds. The Labute approximate surface area is 111 Å². The van der Waals surface area contributed by atoms with Gasteiger partial charge in [-0.1, -0.05) is 12.7 Å². The van der Waals surface area contributed by atoms with E-state index < -0.39 is 24.0 Å². The Morgan fingerprint density at radius 2 is 2.26 bits per heavy atom. The van der Waals surface area contributed by atoms with Crippen molar-refractivity contribution in [2.45, 2.75) is 31.8 Å². The number of methoxy groups -OCH3 is 1. The first-order chi connectivity index (χ1) is 8.98. The fraction of sp³-hybridized carbons (Fsp3) is 0.615. The van der Waals surface area contributed by atoms with E-state index in [2.05, 4.69) is 6.58 Å². The summed E-state index contributed by atoms with van der Waals surface area (Å²) in [6, 6.07) is 0. The van der Waals surface area contributed by atoms with E-state index in [1.807, 2.05) is 0 Å². The largest absolute Gasteiger partial charge is 0.487 e. The van der Waals surface area contributed by atoms with Crippen molar-refractivity contribution >= 4 is 5.97 Å². The van der Waals surface area contributed by atoms with Gasteiger partial charge >= 0.3 is 5.97 Å². The monoisotopic (exact) mass is 270 g/mol. The van der Waals surface area contributed by atoms with Crippen molar-refractivity contribution < 1.29 is 28.5 Å². The molecule has 2 aliphatic rings. The van der Waals surface area contributed by atoms with Gasteiger partial charge in [0.05, 0.1) is 13.7 Å². The summed E-state index contributed by atoms with van der Waals surface area (Å²) in [6.45, 7) is 7.75. The van der Waals surface area contributed by atoms with Gasteiger partial charge < -0.3 is 23.7 Å². The lowest BCUT2D eigenvalue weighted by Crippen LogP contribution is -2.33. The number of carbonyl (C=O) groups excluding carboxylic acids is 1. The molecular formula is C13H18O6. The molecule has 0 aromatic carbocycles. The second-order valence-electron chi connectivity index (χ2n) is 4.69. The second-order valence-corrected chi connectivity index (χ2v) is 4.69. The highest BCUT2D eigenvalue weighted by Gasteiger charge is 2.47. The second kappa shape index (κ2) is 5.22. The number of hydrogen-bond donors (Lipinski definition) is 0. The van der Waals surface area contributed by atoms with Crippen LogP contribution >= 0.6 is 0 Å². The molecule has 0 aliphatic carbocycles. The van der Waals surface area contributed by atoms with Crippen LogP contribution in [-0.4, -0.2) is 44.3 Å². The third kappa shape index (κ3) is 2.74. The van der Waals surface area contributed by atoms with Gasteiger partial charge in [0.2, 0.25) is 5.76 Å². The summed E-state index contributed by atoms with van der Waals surface area (Å²) in [5, 5.41) is 0. The van der Waals surface area contributed by atoms with Gasteiger partial charge in [-0.3, -0.25) is 0 Å². The minimum absolute atomic E-state index is 0.0696. The molecular weight excluding hydrogens is 252 g/mol. The van der Waals surface area contributed by atoms with Gasteiger partial charge in [-0.2, -0.15) is 0 Å². The molecule has 2 heterocycles. The molecule has 0 spiro atoms. The summed E-state index contributed by atoms with van der Waals surface area (Å²) >= 11 is 0. The standard InChI is InChI=1S/C13H18O6/c1-5-6-16-10-9(18-12(14)11(10)15-4)8-7-17-13(2,3)19-8/h5,8-9H,1,6-7H2,2-4H3/t8-,9+/m0/s1. The van der Waals surface area contributed by atoms with Crippen molar-refractivity contribution in [1.82, 2.24) is 0 Å². The predicted molar refractivity (Wildman–Crippen MR) is 65.0 cm³/mol. The number of hydrogen-bond acceptors (Lipinski definition) is 6. The predicted octanol–water partition coefficient (Wildman–Crippen LogP) is 1.12. The first-order valence-corrected chi connectivity index (χ1v) is 6.03. The third-order valence-electron chi connectivity index (χ3n) is 2.83. The van der Waals surface area contributed by atoms with Gasteiger partial charge in [0, 0.05) is 0 Å². The molecule has 2 rings (SSSR count). The van der Waals surface area contributed by atoms with Crippen LogP contribution in [0.2, 0.25) is 0 Å². The van der Waals surface area contributed by atoms with Gasteiger partial charge in [-0.15, -0.1) is 0 Å². The smallest absolute Gasteiger partial charge is 0.378 e. The molecule has 0 aromatic heterocycles. The summed E-state index contributed by atoms with van der Waals surface area (Å²) in [4.78, 5) is 11.7. The van der Waals surface area contributed by atoms with Crippen molar-refractivity contribution in [1.29, 1.82) is 0 Å². The van der Waals surface area contributed by atoms with Crippen LogP contribution in [0.3, 0.4) is 0 Å². The summed E-state index contributed by atoms with van der Waals surface area (Å²) in [5.41, 5.74) is 0. The molecule has 106 valence electrons. The molecule has 2 aliphatic heterocycles. The summed E-state index contributed by atoms with van der Waals surface area (Å²) in [5.74, 6) is -0.852. The SMILES string of the molecule is C=CCOC1=C(OC)C(=O)O[C@@H]1[C@@H]1COC(C)(C)O1. The van der Waals surface area contributed by atoms with E-state index in [9.17, 15) is 4.79 Å². The zero-order chi connectivity index (χ0) is 14.0. The molecule has 1 saturated heterocycles. The van der Waals surface area contributed by atoms with E-state index in [0.29, 0.717) is 12.4 Å². The zero-order valence-electron chi connectivity index (χ0n) is 11.3. The minimum Gasteiger partial charge on any atom is -0.487 e. The highest BCUT2D eigenvalue weighted by molar-refractivity contribution is 5.89. The first-order valence-electron chi connectivity index (χ1n) is 6.03. The average Bonchev–Trinajstić information content (AvgIpc) is 2.86. The van der Waals surface area contributed by atoms with Crippen LogP contribution in [0.25, 0.3) is 0 Å². The molecule has 0 saturated carbocycles. The van der Waals surface area contributed by atoms with Crippen LogP contribution in [0.4, 0.5) is 0 Å². The summed E-state index contributed by atoms with van der Waals surface area (Å²) in [7, 11) is 1.40. The lowest BCUT2D eigenvalue weighted by atomic mass is 10.2. The Bertz CT molecular complexity index is 411. The Kier molecular flexibility index (Phi) is 3.82. The minimum atomic E-state index is -0.698. The summed E-state index contributed by atoms with van der Waals surface area (Å²) < 4.78 is 26.9. The molecule has 6 heteroatoms. The van der Waals surface area contributed by atoms with Crippen molar-refractivity contribution in [3.8, 4) is 0 Å². The average molecular weight is 270 g/mol. The van der Waals surface area contributed by atoms with Gasteiger partial charge in [-0.05, 0) is 13.8 Å². The maximum Gasteiger partial charge on any atom is 0.378 e. The van der Waals surface area contributed by atoms with Crippen LogP contribution in [0, 0.1) is 0 Å². The van der Waals surface area contributed by atoms with Crippen LogP contribution in [0.1, 0.15) is 13.8 Å². The topological polar surface area (TPSA) is 63.2 Å². The van der Waals surface area contributed by atoms with E-state index in [0.717, 1.165) is 0 Å². The van der Waals surface area contributed by atoms with E-state index >= 15 is 0 Å².